The van der Waals surface area contributed by atoms with Crippen LogP contribution in [-0.2, 0) is 4.79 Å². The molecule has 0 aromatic carbocycles. The van der Waals surface area contributed by atoms with Crippen LogP contribution in [0.25, 0.3) is 0 Å². The molecular formula is C20H30O2. The first-order valence-electron chi connectivity index (χ1n) is 9.37. The van der Waals surface area contributed by atoms with Crippen molar-refractivity contribution in [2.24, 2.45) is 40.9 Å². The van der Waals surface area contributed by atoms with Gasteiger partial charge in [-0.25, -0.2) is 0 Å². The van der Waals surface area contributed by atoms with Crippen molar-refractivity contribution in [1.29, 1.82) is 0 Å². The lowest BCUT2D eigenvalue weighted by molar-refractivity contribution is -0.109. The number of hydrogen-bond donors (Lipinski definition) is 1. The second-order valence-electron chi connectivity index (χ2n) is 8.88. The Labute approximate surface area is 134 Å². The van der Waals surface area contributed by atoms with Gasteiger partial charge in [-0.15, -0.1) is 0 Å². The van der Waals surface area contributed by atoms with E-state index >= 15 is 0 Å². The first-order chi connectivity index (χ1) is 10.5. The van der Waals surface area contributed by atoms with Crippen molar-refractivity contribution in [2.45, 2.75) is 64.9 Å². The van der Waals surface area contributed by atoms with Crippen LogP contribution in [0.1, 0.15) is 58.8 Å². The normalized spacial score (nSPS) is 54.0. The maximum absolute atomic E-state index is 11.2. The zero-order valence-electron chi connectivity index (χ0n) is 14.0. The van der Waals surface area contributed by atoms with E-state index in [9.17, 15) is 9.90 Å². The topological polar surface area (TPSA) is 37.3 Å². The third kappa shape index (κ3) is 2.13. The molecule has 0 spiro atoms. The first-order valence-corrected chi connectivity index (χ1v) is 9.37. The number of aliphatic hydroxyl groups excluding tert-OH is 1. The van der Waals surface area contributed by atoms with Gasteiger partial charge in [-0.3, -0.25) is 0 Å². The first kappa shape index (κ1) is 14.9. The van der Waals surface area contributed by atoms with E-state index in [2.05, 4.69) is 19.9 Å². The molecule has 2 nitrogen and oxygen atoms in total. The van der Waals surface area contributed by atoms with Crippen molar-refractivity contribution in [2.75, 3.05) is 0 Å². The molecule has 2 heteroatoms. The van der Waals surface area contributed by atoms with Crippen LogP contribution in [0.5, 0.6) is 0 Å². The van der Waals surface area contributed by atoms with Crippen LogP contribution in [0.15, 0.2) is 11.6 Å². The van der Waals surface area contributed by atoms with E-state index in [0.29, 0.717) is 17.3 Å². The van der Waals surface area contributed by atoms with Gasteiger partial charge in [0.15, 0.2) is 0 Å². The van der Waals surface area contributed by atoms with Crippen molar-refractivity contribution >= 4 is 6.29 Å². The fourth-order valence-electron chi connectivity index (χ4n) is 6.46. The molecule has 0 aromatic heterocycles. The van der Waals surface area contributed by atoms with Gasteiger partial charge in [-0.2, -0.15) is 0 Å². The molecule has 0 radical (unpaired) electrons. The SMILES string of the molecule is C[C@@H]1CCC2C(CC=C3CC(O)CC[C@@]32C)C1C1CC1C=O. The predicted octanol–water partition coefficient (Wildman–Crippen LogP) is 3.98. The molecule has 6 unspecified atom stereocenters. The summed E-state index contributed by atoms with van der Waals surface area (Å²) < 4.78 is 0. The van der Waals surface area contributed by atoms with Crippen LogP contribution in [0, 0.1) is 40.9 Å². The molecule has 0 heterocycles. The smallest absolute Gasteiger partial charge is 0.123 e. The molecule has 0 saturated heterocycles. The maximum atomic E-state index is 11.2. The van der Waals surface area contributed by atoms with E-state index in [1.54, 1.807) is 5.57 Å². The highest BCUT2D eigenvalue weighted by Crippen LogP contribution is 2.62. The Hall–Kier alpha value is -0.630. The van der Waals surface area contributed by atoms with E-state index in [1.807, 2.05) is 0 Å². The molecule has 122 valence electrons. The molecule has 3 fully saturated rings. The summed E-state index contributed by atoms with van der Waals surface area (Å²) in [4.78, 5) is 11.2. The Balaban J connectivity index is 1.63. The molecule has 0 bridgehead atoms. The molecule has 0 aliphatic heterocycles. The Kier molecular flexibility index (Phi) is 3.52. The molecule has 4 aliphatic carbocycles. The molecule has 1 N–H and O–H groups in total. The Morgan fingerprint density at radius 2 is 2.09 bits per heavy atom. The lowest BCUT2D eigenvalue weighted by atomic mass is 9.49. The predicted molar refractivity (Wildman–Crippen MR) is 87.2 cm³/mol. The Morgan fingerprint density at radius 3 is 2.82 bits per heavy atom. The number of aldehydes is 1. The highest BCUT2D eigenvalue weighted by molar-refractivity contribution is 5.58. The average molecular weight is 302 g/mol. The fourth-order valence-corrected chi connectivity index (χ4v) is 6.46. The minimum atomic E-state index is -0.114. The summed E-state index contributed by atoms with van der Waals surface area (Å²) in [6, 6.07) is 0. The minimum absolute atomic E-state index is 0.114. The lowest BCUT2D eigenvalue weighted by Gasteiger charge is -2.55. The summed E-state index contributed by atoms with van der Waals surface area (Å²) in [6.07, 6.45) is 11.6. The van der Waals surface area contributed by atoms with Crippen LogP contribution in [0.2, 0.25) is 0 Å². The quantitative estimate of drug-likeness (QED) is 0.619. The lowest BCUT2D eigenvalue weighted by Crippen LogP contribution is -2.48. The van der Waals surface area contributed by atoms with Crippen molar-refractivity contribution in [3.63, 3.8) is 0 Å². The van der Waals surface area contributed by atoms with Crippen LogP contribution in [0.3, 0.4) is 0 Å². The van der Waals surface area contributed by atoms with Gasteiger partial charge < -0.3 is 9.90 Å². The van der Waals surface area contributed by atoms with E-state index in [1.165, 1.54) is 25.5 Å². The van der Waals surface area contributed by atoms with Crippen molar-refractivity contribution in [1.82, 2.24) is 0 Å². The standard InChI is InChI=1S/C20H30O2/c1-12-3-6-18-16(19(12)17-9-13(17)11-21)5-4-14-10-15(22)7-8-20(14,18)2/h4,11-13,15-19,22H,3,5-10H2,1-2H3/t12-,13?,15?,16?,17?,18?,19?,20+/m1/s1. The highest BCUT2D eigenvalue weighted by atomic mass is 16.3. The second kappa shape index (κ2) is 5.19. The Morgan fingerprint density at radius 1 is 1.27 bits per heavy atom. The van der Waals surface area contributed by atoms with Crippen molar-refractivity contribution < 1.29 is 9.90 Å². The maximum Gasteiger partial charge on any atom is 0.123 e. The summed E-state index contributed by atoms with van der Waals surface area (Å²) >= 11 is 0. The number of carbonyl (C=O) groups excluding carboxylic acids is 1. The number of fused-ring (bicyclic) bond motifs is 3. The largest absolute Gasteiger partial charge is 0.393 e. The fraction of sp³-hybridized carbons (Fsp3) is 0.850. The monoisotopic (exact) mass is 302 g/mol. The molecule has 0 amide bonds. The molecule has 22 heavy (non-hydrogen) atoms. The van der Waals surface area contributed by atoms with Crippen LogP contribution >= 0.6 is 0 Å². The van der Waals surface area contributed by atoms with Gasteiger partial charge in [0, 0.05) is 5.92 Å². The molecular weight excluding hydrogens is 272 g/mol. The molecule has 4 aliphatic rings. The summed E-state index contributed by atoms with van der Waals surface area (Å²) in [6.45, 7) is 4.89. The number of allylic oxidation sites excluding steroid dienone is 1. The summed E-state index contributed by atoms with van der Waals surface area (Å²) in [5.74, 6) is 4.14. The van der Waals surface area contributed by atoms with Crippen LogP contribution in [0.4, 0.5) is 0 Å². The average Bonchev–Trinajstić information content (AvgIpc) is 3.27. The summed E-state index contributed by atoms with van der Waals surface area (Å²) in [5, 5.41) is 10.0. The molecule has 3 saturated carbocycles. The zero-order chi connectivity index (χ0) is 15.5. The van der Waals surface area contributed by atoms with Crippen LogP contribution in [-0.4, -0.2) is 17.5 Å². The van der Waals surface area contributed by atoms with Gasteiger partial charge in [0.05, 0.1) is 6.10 Å². The molecule has 4 rings (SSSR count). The third-order valence-electron chi connectivity index (χ3n) is 7.80. The molecule has 0 aromatic rings. The van der Waals surface area contributed by atoms with E-state index in [-0.39, 0.29) is 6.10 Å². The minimum Gasteiger partial charge on any atom is -0.393 e. The summed E-state index contributed by atoms with van der Waals surface area (Å²) in [7, 11) is 0. The number of carbonyl (C=O) groups is 1. The highest BCUT2D eigenvalue weighted by Gasteiger charge is 2.56. The van der Waals surface area contributed by atoms with Gasteiger partial charge in [0.1, 0.15) is 6.29 Å². The van der Waals surface area contributed by atoms with Gasteiger partial charge in [0.2, 0.25) is 0 Å². The third-order valence-corrected chi connectivity index (χ3v) is 7.80. The van der Waals surface area contributed by atoms with Crippen molar-refractivity contribution in [3.8, 4) is 0 Å². The Bertz CT molecular complexity index is 496. The zero-order valence-corrected chi connectivity index (χ0v) is 14.0. The van der Waals surface area contributed by atoms with Gasteiger partial charge in [-0.05, 0) is 73.5 Å². The van der Waals surface area contributed by atoms with E-state index in [4.69, 9.17) is 0 Å². The van der Waals surface area contributed by atoms with Crippen molar-refractivity contribution in [3.05, 3.63) is 11.6 Å². The van der Waals surface area contributed by atoms with Gasteiger partial charge in [-0.1, -0.05) is 31.9 Å². The number of aliphatic hydroxyl groups is 1. The second-order valence-corrected chi connectivity index (χ2v) is 8.88. The van der Waals surface area contributed by atoms with Gasteiger partial charge in [0.25, 0.3) is 0 Å². The number of rotatable bonds is 2. The molecule has 8 atom stereocenters. The number of hydrogen-bond acceptors (Lipinski definition) is 2. The van der Waals surface area contributed by atoms with Crippen LogP contribution < -0.4 is 0 Å². The van der Waals surface area contributed by atoms with E-state index in [0.717, 1.165) is 49.4 Å². The van der Waals surface area contributed by atoms with Gasteiger partial charge >= 0.3 is 0 Å². The summed E-state index contributed by atoms with van der Waals surface area (Å²) in [5.41, 5.74) is 1.87. The van der Waals surface area contributed by atoms with E-state index < -0.39 is 0 Å².